The van der Waals surface area contributed by atoms with Crippen LogP contribution < -0.4 is 27.0 Å². The number of nitrogens with two attached hydrogens (primary N) is 1. The van der Waals surface area contributed by atoms with Crippen molar-refractivity contribution in [3.05, 3.63) is 0 Å². The first-order valence-electron chi connectivity index (χ1n) is 12.5. The average Bonchev–Trinajstić information content (AvgIpc) is 2.72. The van der Waals surface area contributed by atoms with E-state index in [-0.39, 0.29) is 0 Å². The van der Waals surface area contributed by atoms with Crippen LogP contribution >= 0.6 is 0 Å². The lowest BCUT2D eigenvalue weighted by Crippen LogP contribution is -2.38. The van der Waals surface area contributed by atoms with Gasteiger partial charge in [-0.1, -0.05) is 77.0 Å². The lowest BCUT2D eigenvalue weighted by Gasteiger charge is -2.19. The third-order valence-corrected chi connectivity index (χ3v) is 5.87. The molecule has 0 radical (unpaired) electrons. The highest BCUT2D eigenvalue weighted by Gasteiger charge is 2.08. The Labute approximate surface area is 175 Å². The van der Waals surface area contributed by atoms with E-state index in [9.17, 15) is 0 Å². The van der Waals surface area contributed by atoms with Crippen molar-refractivity contribution in [1.82, 2.24) is 21.3 Å². The summed E-state index contributed by atoms with van der Waals surface area (Å²) in [6.45, 7) is 7.90. The van der Waals surface area contributed by atoms with Crippen molar-refractivity contribution in [2.75, 3.05) is 52.4 Å². The van der Waals surface area contributed by atoms with E-state index in [0.29, 0.717) is 0 Å². The zero-order valence-electron chi connectivity index (χ0n) is 18.7. The fourth-order valence-electron chi connectivity index (χ4n) is 4.09. The first-order valence-corrected chi connectivity index (χ1v) is 12.5. The minimum Gasteiger partial charge on any atom is -0.329 e. The van der Waals surface area contributed by atoms with Gasteiger partial charge < -0.3 is 27.0 Å². The van der Waals surface area contributed by atoms with Crippen LogP contribution in [0.1, 0.15) is 89.9 Å². The summed E-state index contributed by atoms with van der Waals surface area (Å²) in [7, 11) is 0. The molecule has 5 heteroatoms. The van der Waals surface area contributed by atoms with Gasteiger partial charge in [-0.25, -0.2) is 0 Å². The molecule has 1 aliphatic rings. The molecule has 0 heterocycles. The highest BCUT2D eigenvalue weighted by molar-refractivity contribution is 4.69. The van der Waals surface area contributed by atoms with Gasteiger partial charge in [0.05, 0.1) is 0 Å². The van der Waals surface area contributed by atoms with Crippen molar-refractivity contribution in [1.29, 1.82) is 0 Å². The van der Waals surface area contributed by atoms with E-state index >= 15 is 0 Å². The summed E-state index contributed by atoms with van der Waals surface area (Å²) in [5.41, 5.74) is 5.45. The van der Waals surface area contributed by atoms with Crippen molar-refractivity contribution in [2.24, 2.45) is 5.73 Å². The van der Waals surface area contributed by atoms with Gasteiger partial charge in [-0.15, -0.1) is 0 Å². The Kier molecular flexibility index (Phi) is 19.8. The van der Waals surface area contributed by atoms with Gasteiger partial charge >= 0.3 is 0 Å². The summed E-state index contributed by atoms with van der Waals surface area (Å²) in [6.07, 6.45) is 20.1. The molecule has 0 atom stereocenters. The fraction of sp³-hybridized carbons (Fsp3) is 1.00. The summed E-state index contributed by atoms with van der Waals surface area (Å²) in [5, 5.41) is 14.1. The predicted molar refractivity (Wildman–Crippen MR) is 124 cm³/mol. The van der Waals surface area contributed by atoms with Gasteiger partial charge in [0, 0.05) is 58.4 Å². The van der Waals surface area contributed by atoms with Gasteiger partial charge in [0.2, 0.25) is 0 Å². The van der Waals surface area contributed by atoms with Crippen molar-refractivity contribution < 1.29 is 0 Å². The summed E-state index contributed by atoms with van der Waals surface area (Å²) >= 11 is 0. The Bertz CT molecular complexity index is 285. The van der Waals surface area contributed by atoms with Crippen molar-refractivity contribution in [2.45, 2.75) is 95.9 Å². The SMILES string of the molecule is NCCNCCNCCNCCNC1CCCCCCCCCCCCCC1. The molecule has 0 bridgehead atoms. The standard InChI is InChI=1S/C23H51N5/c24-15-16-25-17-18-26-19-20-27-21-22-28-23-13-11-9-7-5-3-1-2-4-6-8-10-12-14-23/h23,25-28H,1-22,24H2. The Morgan fingerprint density at radius 1 is 0.464 bits per heavy atom. The topological polar surface area (TPSA) is 74.1 Å². The quantitative estimate of drug-likeness (QED) is 0.327. The second kappa shape index (κ2) is 21.5. The molecule has 0 aromatic rings. The third kappa shape index (κ3) is 17.9. The van der Waals surface area contributed by atoms with E-state index in [0.717, 1.165) is 58.4 Å². The van der Waals surface area contributed by atoms with Gasteiger partial charge in [-0.3, -0.25) is 0 Å². The molecule has 5 nitrogen and oxygen atoms in total. The van der Waals surface area contributed by atoms with Gasteiger partial charge in [0.1, 0.15) is 0 Å². The summed E-state index contributed by atoms with van der Waals surface area (Å²) in [6, 6.07) is 0.735. The smallest absolute Gasteiger partial charge is 0.00793 e. The molecule has 28 heavy (non-hydrogen) atoms. The Morgan fingerprint density at radius 2 is 0.821 bits per heavy atom. The summed E-state index contributed by atoms with van der Waals surface area (Å²) < 4.78 is 0. The first-order chi connectivity index (χ1) is 13.9. The molecule has 1 fully saturated rings. The number of nitrogens with one attached hydrogen (secondary N) is 4. The zero-order chi connectivity index (χ0) is 20.0. The molecule has 0 aliphatic heterocycles. The summed E-state index contributed by atoms with van der Waals surface area (Å²) in [4.78, 5) is 0. The minimum atomic E-state index is 0.718. The Morgan fingerprint density at radius 3 is 1.25 bits per heavy atom. The van der Waals surface area contributed by atoms with Gasteiger partial charge in [0.15, 0.2) is 0 Å². The normalized spacial score (nSPS) is 19.2. The molecule has 1 aliphatic carbocycles. The van der Waals surface area contributed by atoms with Gasteiger partial charge in [-0.2, -0.15) is 0 Å². The van der Waals surface area contributed by atoms with Crippen LogP contribution in [-0.4, -0.2) is 58.4 Å². The van der Waals surface area contributed by atoms with E-state index < -0.39 is 0 Å². The van der Waals surface area contributed by atoms with Crippen molar-refractivity contribution >= 4 is 0 Å². The van der Waals surface area contributed by atoms with Crippen LogP contribution in [0.5, 0.6) is 0 Å². The maximum atomic E-state index is 5.45. The third-order valence-electron chi connectivity index (χ3n) is 5.87. The van der Waals surface area contributed by atoms with Crippen LogP contribution in [0, 0.1) is 0 Å². The van der Waals surface area contributed by atoms with Crippen molar-refractivity contribution in [3.8, 4) is 0 Å². The molecule has 0 aromatic carbocycles. The van der Waals surface area contributed by atoms with E-state index in [1.54, 1.807) is 0 Å². The minimum absolute atomic E-state index is 0.718. The largest absolute Gasteiger partial charge is 0.329 e. The molecule has 168 valence electrons. The van der Waals surface area contributed by atoms with E-state index in [4.69, 9.17) is 5.73 Å². The van der Waals surface area contributed by atoms with Crippen LogP contribution in [0.15, 0.2) is 0 Å². The highest BCUT2D eigenvalue weighted by atomic mass is 15.0. The lowest BCUT2D eigenvalue weighted by atomic mass is 10.0. The van der Waals surface area contributed by atoms with E-state index in [1.165, 1.54) is 89.9 Å². The van der Waals surface area contributed by atoms with Crippen LogP contribution in [0.25, 0.3) is 0 Å². The van der Waals surface area contributed by atoms with Gasteiger partial charge in [0.25, 0.3) is 0 Å². The molecule has 0 saturated heterocycles. The fourth-order valence-corrected chi connectivity index (χ4v) is 4.09. The molecular weight excluding hydrogens is 346 g/mol. The Hall–Kier alpha value is -0.200. The molecule has 1 saturated carbocycles. The number of hydrogen-bond acceptors (Lipinski definition) is 5. The number of hydrogen-bond donors (Lipinski definition) is 5. The molecule has 0 spiro atoms. The van der Waals surface area contributed by atoms with Crippen LogP contribution in [0.2, 0.25) is 0 Å². The molecule has 1 rings (SSSR count). The van der Waals surface area contributed by atoms with Gasteiger partial charge in [-0.05, 0) is 12.8 Å². The van der Waals surface area contributed by atoms with Crippen LogP contribution in [0.4, 0.5) is 0 Å². The van der Waals surface area contributed by atoms with E-state index in [2.05, 4.69) is 21.3 Å². The predicted octanol–water partition coefficient (Wildman–Crippen LogP) is 3.15. The van der Waals surface area contributed by atoms with Crippen LogP contribution in [0.3, 0.4) is 0 Å². The first kappa shape index (κ1) is 25.8. The zero-order valence-corrected chi connectivity index (χ0v) is 18.7. The molecule has 0 unspecified atom stereocenters. The van der Waals surface area contributed by atoms with Crippen molar-refractivity contribution in [3.63, 3.8) is 0 Å². The molecule has 0 amide bonds. The maximum absolute atomic E-state index is 5.45. The second-order valence-electron chi connectivity index (χ2n) is 8.51. The Balaban J connectivity index is 2.02. The molecule has 0 aromatic heterocycles. The summed E-state index contributed by atoms with van der Waals surface area (Å²) in [5.74, 6) is 0. The van der Waals surface area contributed by atoms with E-state index in [1.807, 2.05) is 0 Å². The molecular formula is C23H51N5. The molecule has 6 N–H and O–H groups in total. The monoisotopic (exact) mass is 397 g/mol. The average molecular weight is 398 g/mol. The van der Waals surface area contributed by atoms with Crippen LogP contribution in [-0.2, 0) is 0 Å². The highest BCUT2D eigenvalue weighted by Crippen LogP contribution is 2.16. The lowest BCUT2D eigenvalue weighted by molar-refractivity contribution is 0.411. The maximum Gasteiger partial charge on any atom is 0.00793 e. The second-order valence-corrected chi connectivity index (χ2v) is 8.51. The number of rotatable bonds is 12.